The smallest absolute Gasteiger partial charge is 0.169 e. The second kappa shape index (κ2) is 8.46. The van der Waals surface area contributed by atoms with Gasteiger partial charge in [-0.2, -0.15) is 0 Å². The van der Waals surface area contributed by atoms with Crippen molar-refractivity contribution >= 4 is 18.2 Å². The summed E-state index contributed by atoms with van der Waals surface area (Å²) in [6.07, 6.45) is 2.68. The molecule has 4 atom stereocenters. The van der Waals surface area contributed by atoms with E-state index in [2.05, 4.69) is 10.3 Å². The molecule has 0 amide bonds. The third kappa shape index (κ3) is 4.21. The Kier molecular flexibility index (Phi) is 6.25. The number of H-pyrrole nitrogens is 1. The molecule has 6 heteroatoms. The molecule has 4 unspecified atom stereocenters. The molecule has 0 aliphatic heterocycles. The van der Waals surface area contributed by atoms with E-state index in [1.807, 2.05) is 43.3 Å². The van der Waals surface area contributed by atoms with Gasteiger partial charge in [0.15, 0.2) is 5.78 Å². The van der Waals surface area contributed by atoms with Crippen LogP contribution in [0, 0.1) is 12.8 Å². The van der Waals surface area contributed by atoms with Crippen LogP contribution >= 0.6 is 12.4 Å². The van der Waals surface area contributed by atoms with E-state index in [1.165, 1.54) is 0 Å². The predicted molar refractivity (Wildman–Crippen MR) is 107 cm³/mol. The highest BCUT2D eigenvalue weighted by molar-refractivity contribution is 6.00. The van der Waals surface area contributed by atoms with Crippen molar-refractivity contribution < 1.29 is 14.6 Å². The molecular formula is C21H27ClN2O3. The van der Waals surface area contributed by atoms with Gasteiger partial charge in [0, 0.05) is 35.5 Å². The number of fused-ring (bicyclic) bond motifs is 1. The number of Topliss-reactive ketones (excluding diaryl/α,β-unsaturated/α-hetero) is 1. The fourth-order valence-corrected chi connectivity index (χ4v) is 4.19. The first-order valence-corrected chi connectivity index (χ1v) is 9.47. The quantitative estimate of drug-likeness (QED) is 0.733. The standard InChI is InChI=1S/C21H26N2O3.ClH/c1-13-11-16-17(23-13)8-7-14(20(16)24)12-22-18-9-10-19(21(18)25)26-15-5-3-2-4-6-15;/h2-6,11,14,18-19,21-23,25H,7-10,12H2,1H3;1H. The molecule has 1 aromatic carbocycles. The number of ether oxygens (including phenoxy) is 1. The van der Waals surface area contributed by atoms with Crippen LogP contribution in [0.3, 0.4) is 0 Å². The summed E-state index contributed by atoms with van der Waals surface area (Å²) in [6, 6.07) is 11.6. The van der Waals surface area contributed by atoms with Crippen molar-refractivity contribution in [1.82, 2.24) is 10.3 Å². The number of aliphatic hydroxyl groups excluding tert-OH is 1. The summed E-state index contributed by atoms with van der Waals surface area (Å²) in [5, 5.41) is 14.0. The van der Waals surface area contributed by atoms with Crippen LogP contribution in [0.1, 0.15) is 41.0 Å². The summed E-state index contributed by atoms with van der Waals surface area (Å²) in [6.45, 7) is 2.60. The number of benzene rings is 1. The molecule has 0 spiro atoms. The number of hydrogen-bond donors (Lipinski definition) is 3. The first-order valence-electron chi connectivity index (χ1n) is 9.47. The minimum Gasteiger partial charge on any atom is -0.488 e. The number of carbonyl (C=O) groups is 1. The normalized spacial score (nSPS) is 27.1. The molecular weight excluding hydrogens is 364 g/mol. The van der Waals surface area contributed by atoms with Crippen LogP contribution in [0.2, 0.25) is 0 Å². The van der Waals surface area contributed by atoms with E-state index >= 15 is 0 Å². The number of para-hydroxylation sites is 1. The molecule has 1 saturated carbocycles. The van der Waals surface area contributed by atoms with Crippen LogP contribution in [-0.4, -0.2) is 40.7 Å². The molecule has 27 heavy (non-hydrogen) atoms. The van der Waals surface area contributed by atoms with Crippen molar-refractivity contribution in [2.75, 3.05) is 6.54 Å². The Labute approximate surface area is 165 Å². The molecule has 1 heterocycles. The lowest BCUT2D eigenvalue weighted by atomic mass is 9.86. The number of aromatic amines is 1. The van der Waals surface area contributed by atoms with Gasteiger partial charge >= 0.3 is 0 Å². The van der Waals surface area contributed by atoms with Gasteiger partial charge in [0.05, 0.1) is 0 Å². The Morgan fingerprint density at radius 2 is 2.00 bits per heavy atom. The molecule has 3 N–H and O–H groups in total. The van der Waals surface area contributed by atoms with Gasteiger partial charge in [-0.3, -0.25) is 4.79 Å². The van der Waals surface area contributed by atoms with Gasteiger partial charge in [-0.05, 0) is 50.8 Å². The van der Waals surface area contributed by atoms with Gasteiger partial charge in [-0.25, -0.2) is 0 Å². The van der Waals surface area contributed by atoms with Gasteiger partial charge in [0.2, 0.25) is 0 Å². The summed E-state index contributed by atoms with van der Waals surface area (Å²) in [7, 11) is 0. The average Bonchev–Trinajstić information content (AvgIpc) is 3.19. The number of halogens is 1. The molecule has 2 aliphatic rings. The molecule has 1 fully saturated rings. The van der Waals surface area contributed by atoms with Crippen LogP contribution < -0.4 is 10.1 Å². The summed E-state index contributed by atoms with van der Waals surface area (Å²) in [5.41, 5.74) is 2.96. The number of nitrogens with one attached hydrogen (secondary N) is 2. The second-order valence-corrected chi connectivity index (χ2v) is 7.50. The first-order chi connectivity index (χ1) is 12.6. The molecule has 2 aromatic rings. The van der Waals surface area contributed by atoms with Crippen molar-refractivity contribution in [3.63, 3.8) is 0 Å². The highest BCUT2D eigenvalue weighted by Crippen LogP contribution is 2.28. The van der Waals surface area contributed by atoms with E-state index < -0.39 is 6.10 Å². The van der Waals surface area contributed by atoms with Crippen molar-refractivity contribution in [2.45, 2.75) is 50.9 Å². The van der Waals surface area contributed by atoms with Gasteiger partial charge in [-0.15, -0.1) is 12.4 Å². The Balaban J connectivity index is 0.00000210. The lowest BCUT2D eigenvalue weighted by Crippen LogP contribution is -2.44. The number of rotatable bonds is 5. The van der Waals surface area contributed by atoms with Gasteiger partial charge in [-0.1, -0.05) is 18.2 Å². The highest BCUT2D eigenvalue weighted by Gasteiger charge is 2.37. The summed E-state index contributed by atoms with van der Waals surface area (Å²) < 4.78 is 5.92. The van der Waals surface area contributed by atoms with Gasteiger partial charge < -0.3 is 20.1 Å². The van der Waals surface area contributed by atoms with Crippen LogP contribution in [0.25, 0.3) is 0 Å². The molecule has 1 aromatic heterocycles. The number of aryl methyl sites for hydroxylation is 2. The maximum absolute atomic E-state index is 12.7. The van der Waals surface area contributed by atoms with E-state index in [9.17, 15) is 9.90 Å². The molecule has 0 bridgehead atoms. The minimum atomic E-state index is -0.557. The zero-order chi connectivity index (χ0) is 18.1. The monoisotopic (exact) mass is 390 g/mol. The number of aromatic nitrogens is 1. The fourth-order valence-electron chi connectivity index (χ4n) is 4.19. The summed E-state index contributed by atoms with van der Waals surface area (Å²) >= 11 is 0. The largest absolute Gasteiger partial charge is 0.488 e. The van der Waals surface area contributed by atoms with E-state index in [0.29, 0.717) is 6.54 Å². The molecule has 0 saturated heterocycles. The molecule has 4 rings (SSSR count). The Hall–Kier alpha value is -1.82. The van der Waals surface area contributed by atoms with Gasteiger partial charge in [0.1, 0.15) is 18.0 Å². The molecule has 146 valence electrons. The molecule has 2 aliphatic carbocycles. The minimum absolute atomic E-state index is 0. The Morgan fingerprint density at radius 3 is 2.78 bits per heavy atom. The molecule has 0 radical (unpaired) electrons. The highest BCUT2D eigenvalue weighted by atomic mass is 35.5. The van der Waals surface area contributed by atoms with Crippen molar-refractivity contribution in [3.8, 4) is 5.75 Å². The number of aliphatic hydroxyl groups is 1. The maximum Gasteiger partial charge on any atom is 0.169 e. The lowest BCUT2D eigenvalue weighted by Gasteiger charge is -2.25. The van der Waals surface area contributed by atoms with E-state index in [1.54, 1.807) is 0 Å². The maximum atomic E-state index is 12.7. The number of hydrogen-bond acceptors (Lipinski definition) is 4. The van der Waals surface area contributed by atoms with Crippen molar-refractivity contribution in [1.29, 1.82) is 0 Å². The Morgan fingerprint density at radius 1 is 1.22 bits per heavy atom. The third-order valence-electron chi connectivity index (χ3n) is 5.63. The SMILES string of the molecule is Cc1cc2c([nH]1)CCC(CNC1CCC(Oc3ccccc3)C1O)C2=O.Cl. The van der Waals surface area contributed by atoms with E-state index in [4.69, 9.17) is 4.74 Å². The fraction of sp³-hybridized carbons (Fsp3) is 0.476. The second-order valence-electron chi connectivity index (χ2n) is 7.50. The van der Waals surface area contributed by atoms with Crippen molar-refractivity contribution in [3.05, 3.63) is 53.3 Å². The molecule has 5 nitrogen and oxygen atoms in total. The average molecular weight is 391 g/mol. The predicted octanol–water partition coefficient (Wildman–Crippen LogP) is 3.05. The van der Waals surface area contributed by atoms with Crippen LogP contribution in [0.5, 0.6) is 5.75 Å². The topological polar surface area (TPSA) is 74.3 Å². The van der Waals surface area contributed by atoms with E-state index in [0.717, 1.165) is 48.4 Å². The van der Waals surface area contributed by atoms with Crippen molar-refractivity contribution in [2.24, 2.45) is 5.92 Å². The van der Waals surface area contributed by atoms with Crippen LogP contribution in [0.15, 0.2) is 36.4 Å². The van der Waals surface area contributed by atoms with Crippen LogP contribution in [-0.2, 0) is 6.42 Å². The number of ketones is 1. The Bertz CT molecular complexity index is 777. The van der Waals surface area contributed by atoms with Gasteiger partial charge in [0.25, 0.3) is 0 Å². The summed E-state index contributed by atoms with van der Waals surface area (Å²) in [5.74, 6) is 0.988. The summed E-state index contributed by atoms with van der Waals surface area (Å²) in [4.78, 5) is 16.0. The third-order valence-corrected chi connectivity index (χ3v) is 5.63. The van der Waals surface area contributed by atoms with Crippen LogP contribution in [0.4, 0.5) is 0 Å². The zero-order valence-corrected chi connectivity index (χ0v) is 16.3. The number of carbonyl (C=O) groups excluding carboxylic acids is 1. The lowest BCUT2D eigenvalue weighted by molar-refractivity contribution is 0.0441. The first kappa shape index (κ1) is 19.9. The van der Waals surface area contributed by atoms with E-state index in [-0.39, 0.29) is 36.3 Å². The zero-order valence-electron chi connectivity index (χ0n) is 15.5.